The van der Waals surface area contributed by atoms with Gasteiger partial charge in [-0.3, -0.25) is 4.72 Å². The number of hydrogen-bond donors (Lipinski definition) is 1. The summed E-state index contributed by atoms with van der Waals surface area (Å²) in [5.74, 6) is 0.484. The van der Waals surface area contributed by atoms with Crippen LogP contribution in [0.4, 0.5) is 5.82 Å². The molecule has 6 heteroatoms. The van der Waals surface area contributed by atoms with Crippen LogP contribution < -0.4 is 4.72 Å². The van der Waals surface area contributed by atoms with Gasteiger partial charge < -0.3 is 0 Å². The van der Waals surface area contributed by atoms with E-state index in [9.17, 15) is 8.42 Å². The zero-order valence-corrected chi connectivity index (χ0v) is 11.1. The summed E-state index contributed by atoms with van der Waals surface area (Å²) in [5, 5.41) is 4.16. The van der Waals surface area contributed by atoms with Gasteiger partial charge in [-0.15, -0.1) is 0 Å². The van der Waals surface area contributed by atoms with E-state index in [1.54, 1.807) is 23.9 Å². The maximum atomic E-state index is 11.6. The lowest BCUT2D eigenvalue weighted by Crippen LogP contribution is -2.17. The van der Waals surface area contributed by atoms with E-state index < -0.39 is 10.0 Å². The predicted octanol–water partition coefficient (Wildman–Crippen LogP) is 1.94. The van der Waals surface area contributed by atoms with Crippen LogP contribution in [0.1, 0.15) is 12.5 Å². The first kappa shape index (κ1) is 12.6. The third-order valence-corrected chi connectivity index (χ3v) is 3.91. The molecule has 2 rings (SSSR count). The molecule has 0 unspecified atom stereocenters. The van der Waals surface area contributed by atoms with Crippen LogP contribution in [0.3, 0.4) is 0 Å². The number of aromatic nitrogens is 2. The second-order valence-corrected chi connectivity index (χ2v) is 5.93. The summed E-state index contributed by atoms with van der Waals surface area (Å²) < 4.78 is 27.3. The molecule has 1 aromatic carbocycles. The standard InChI is InChI=1S/C12H15N3O2S/c1-3-18(16,17)14-12-8-9-13-15(12)11-7-5-4-6-10(11)2/h4-9,14H,3H2,1-2H3. The number of hydrogen-bond acceptors (Lipinski definition) is 3. The molecule has 0 saturated carbocycles. The molecule has 18 heavy (non-hydrogen) atoms. The summed E-state index contributed by atoms with van der Waals surface area (Å²) in [6, 6.07) is 9.31. The molecule has 1 N–H and O–H groups in total. The highest BCUT2D eigenvalue weighted by Crippen LogP contribution is 2.18. The van der Waals surface area contributed by atoms with Gasteiger partial charge in [0.05, 0.1) is 17.6 Å². The van der Waals surface area contributed by atoms with Gasteiger partial charge in [0, 0.05) is 6.07 Å². The molecule has 0 radical (unpaired) electrons. The first-order valence-corrected chi connectivity index (χ1v) is 7.29. The number of nitrogens with zero attached hydrogens (tertiary/aromatic N) is 2. The normalized spacial score (nSPS) is 11.4. The van der Waals surface area contributed by atoms with Crippen molar-refractivity contribution in [2.24, 2.45) is 0 Å². The molecule has 96 valence electrons. The van der Waals surface area contributed by atoms with E-state index in [0.717, 1.165) is 11.3 Å². The minimum absolute atomic E-state index is 0.0337. The Hall–Kier alpha value is -1.82. The third kappa shape index (κ3) is 2.53. The van der Waals surface area contributed by atoms with E-state index >= 15 is 0 Å². The largest absolute Gasteiger partial charge is 0.267 e. The summed E-state index contributed by atoms with van der Waals surface area (Å²) in [4.78, 5) is 0. The van der Waals surface area contributed by atoms with Crippen molar-refractivity contribution < 1.29 is 8.42 Å². The van der Waals surface area contributed by atoms with Crippen molar-refractivity contribution in [1.29, 1.82) is 0 Å². The minimum Gasteiger partial charge on any atom is -0.267 e. The molecular weight excluding hydrogens is 250 g/mol. The zero-order valence-electron chi connectivity index (χ0n) is 10.3. The highest BCUT2D eigenvalue weighted by molar-refractivity contribution is 7.92. The van der Waals surface area contributed by atoms with Gasteiger partial charge in [0.1, 0.15) is 5.82 Å². The van der Waals surface area contributed by atoms with E-state index in [-0.39, 0.29) is 5.75 Å². The minimum atomic E-state index is -3.30. The van der Waals surface area contributed by atoms with E-state index in [0.29, 0.717) is 5.82 Å². The van der Waals surface area contributed by atoms with E-state index in [1.165, 1.54) is 0 Å². The summed E-state index contributed by atoms with van der Waals surface area (Å²) in [6.07, 6.45) is 1.57. The van der Waals surface area contributed by atoms with Gasteiger partial charge in [0.15, 0.2) is 0 Å². The van der Waals surface area contributed by atoms with Crippen molar-refractivity contribution in [2.45, 2.75) is 13.8 Å². The zero-order chi connectivity index (χ0) is 13.2. The molecule has 0 aliphatic rings. The fraction of sp³-hybridized carbons (Fsp3) is 0.250. The first-order chi connectivity index (χ1) is 8.53. The molecule has 0 fully saturated rings. The van der Waals surface area contributed by atoms with Crippen molar-refractivity contribution in [1.82, 2.24) is 9.78 Å². The molecule has 0 aliphatic heterocycles. The second-order valence-electron chi connectivity index (χ2n) is 3.92. The molecular formula is C12H15N3O2S. The Morgan fingerprint density at radius 2 is 2.00 bits per heavy atom. The first-order valence-electron chi connectivity index (χ1n) is 5.64. The summed E-state index contributed by atoms with van der Waals surface area (Å²) in [7, 11) is -3.30. The van der Waals surface area contributed by atoms with Gasteiger partial charge in [-0.25, -0.2) is 13.1 Å². The quantitative estimate of drug-likeness (QED) is 0.919. The number of nitrogens with one attached hydrogen (secondary N) is 1. The molecule has 1 aromatic heterocycles. The molecule has 0 amide bonds. The second kappa shape index (κ2) is 4.81. The molecule has 1 heterocycles. The maximum Gasteiger partial charge on any atom is 0.233 e. The third-order valence-electron chi connectivity index (χ3n) is 2.63. The molecule has 0 bridgehead atoms. The van der Waals surface area contributed by atoms with E-state index in [2.05, 4.69) is 9.82 Å². The van der Waals surface area contributed by atoms with Gasteiger partial charge >= 0.3 is 0 Å². The average Bonchev–Trinajstić information content (AvgIpc) is 2.77. The number of para-hydroxylation sites is 1. The van der Waals surface area contributed by atoms with E-state index in [1.807, 2.05) is 31.2 Å². The van der Waals surface area contributed by atoms with Crippen LogP contribution in [0.2, 0.25) is 0 Å². The Bertz CT molecular complexity index is 647. The number of aryl methyl sites for hydroxylation is 1. The van der Waals surface area contributed by atoms with Crippen molar-refractivity contribution >= 4 is 15.8 Å². The van der Waals surface area contributed by atoms with Crippen LogP contribution in [-0.2, 0) is 10.0 Å². The number of benzene rings is 1. The SMILES string of the molecule is CCS(=O)(=O)Nc1ccnn1-c1ccccc1C. The van der Waals surface area contributed by atoms with Crippen molar-refractivity contribution in [3.05, 3.63) is 42.1 Å². The maximum absolute atomic E-state index is 11.6. The summed E-state index contributed by atoms with van der Waals surface area (Å²) in [5.41, 5.74) is 1.88. The van der Waals surface area contributed by atoms with E-state index in [4.69, 9.17) is 0 Å². The fourth-order valence-electron chi connectivity index (χ4n) is 1.61. The van der Waals surface area contributed by atoms with Gasteiger partial charge in [-0.2, -0.15) is 5.10 Å². The number of sulfonamides is 1. The average molecular weight is 265 g/mol. The van der Waals surface area contributed by atoms with Gasteiger partial charge in [-0.05, 0) is 25.5 Å². The van der Waals surface area contributed by atoms with Crippen LogP contribution in [0.15, 0.2) is 36.5 Å². The van der Waals surface area contributed by atoms with Crippen molar-refractivity contribution in [3.63, 3.8) is 0 Å². The molecule has 0 atom stereocenters. The van der Waals surface area contributed by atoms with Gasteiger partial charge in [-0.1, -0.05) is 18.2 Å². The van der Waals surface area contributed by atoms with Crippen LogP contribution in [0.5, 0.6) is 0 Å². The molecule has 2 aromatic rings. The lowest BCUT2D eigenvalue weighted by Gasteiger charge is -2.11. The Morgan fingerprint density at radius 3 is 2.67 bits per heavy atom. The number of rotatable bonds is 4. The van der Waals surface area contributed by atoms with Gasteiger partial charge in [0.2, 0.25) is 10.0 Å². The van der Waals surface area contributed by atoms with Crippen LogP contribution >= 0.6 is 0 Å². The van der Waals surface area contributed by atoms with Crippen molar-refractivity contribution in [2.75, 3.05) is 10.5 Å². The van der Waals surface area contributed by atoms with Crippen LogP contribution in [-0.4, -0.2) is 24.0 Å². The summed E-state index contributed by atoms with van der Waals surface area (Å²) >= 11 is 0. The highest BCUT2D eigenvalue weighted by atomic mass is 32.2. The topological polar surface area (TPSA) is 64.0 Å². The molecule has 5 nitrogen and oxygen atoms in total. The van der Waals surface area contributed by atoms with Crippen LogP contribution in [0.25, 0.3) is 5.69 Å². The Kier molecular flexibility index (Phi) is 3.38. The lowest BCUT2D eigenvalue weighted by atomic mass is 10.2. The van der Waals surface area contributed by atoms with Gasteiger partial charge in [0.25, 0.3) is 0 Å². The van der Waals surface area contributed by atoms with Crippen LogP contribution in [0, 0.1) is 6.92 Å². The Morgan fingerprint density at radius 1 is 1.28 bits per heavy atom. The summed E-state index contributed by atoms with van der Waals surface area (Å²) in [6.45, 7) is 3.55. The Balaban J connectivity index is 2.43. The molecule has 0 aliphatic carbocycles. The fourth-order valence-corrected chi connectivity index (χ4v) is 2.22. The molecule has 0 spiro atoms. The lowest BCUT2D eigenvalue weighted by molar-refractivity contribution is 0.602. The monoisotopic (exact) mass is 265 g/mol. The highest BCUT2D eigenvalue weighted by Gasteiger charge is 2.12. The number of anilines is 1. The van der Waals surface area contributed by atoms with Crippen molar-refractivity contribution in [3.8, 4) is 5.69 Å². The smallest absolute Gasteiger partial charge is 0.233 e. The predicted molar refractivity (Wildman–Crippen MR) is 71.4 cm³/mol. The molecule has 0 saturated heterocycles. The Labute approximate surface area is 107 Å².